The molecule has 3 aliphatic heterocycles. The number of carbonyl (C=O) groups excluding carboxylic acids is 3. The zero-order valence-electron chi connectivity index (χ0n) is 23.8. The summed E-state index contributed by atoms with van der Waals surface area (Å²) >= 11 is 5.50. The van der Waals surface area contributed by atoms with E-state index in [1.54, 1.807) is 16.7 Å². The number of hydrogen-bond donors (Lipinski definition) is 3. The van der Waals surface area contributed by atoms with Crippen molar-refractivity contribution in [2.24, 2.45) is 17.3 Å². The van der Waals surface area contributed by atoms with Crippen LogP contribution < -0.4 is 10.6 Å². The van der Waals surface area contributed by atoms with E-state index in [0.29, 0.717) is 18.7 Å². The Morgan fingerprint density at radius 1 is 1.08 bits per heavy atom. The molecule has 0 aliphatic carbocycles. The number of para-hydroxylation sites is 1. The average Bonchev–Trinajstić information content (AvgIpc) is 3.41. The van der Waals surface area contributed by atoms with E-state index >= 15 is 0 Å². The van der Waals surface area contributed by atoms with Gasteiger partial charge in [-0.25, -0.2) is 0 Å². The molecule has 2 bridgehead atoms. The zero-order chi connectivity index (χ0) is 28.6. The van der Waals surface area contributed by atoms with Gasteiger partial charge in [-0.3, -0.25) is 14.4 Å². The van der Waals surface area contributed by atoms with Gasteiger partial charge in [-0.05, 0) is 57.1 Å². The summed E-state index contributed by atoms with van der Waals surface area (Å²) in [5.41, 5.74) is 0.288. The van der Waals surface area contributed by atoms with Gasteiger partial charge in [0.1, 0.15) is 6.04 Å². The lowest BCUT2D eigenvalue weighted by atomic mass is 9.70. The molecule has 216 valence electrons. The first kappa shape index (κ1) is 30.4. The van der Waals surface area contributed by atoms with Crippen LogP contribution in [0.5, 0.6) is 0 Å². The molecule has 1 aromatic rings. The fourth-order valence-corrected chi connectivity index (χ4v) is 10.9. The molecule has 3 N–H and O–H groups in total. The molecule has 3 aliphatic rings. The Hall–Kier alpha value is -1.58. The molecule has 3 unspecified atom stereocenters. The molecule has 3 amide bonds. The van der Waals surface area contributed by atoms with Crippen LogP contribution in [0.1, 0.15) is 73.1 Å². The molecule has 4 rings (SSSR count). The van der Waals surface area contributed by atoms with E-state index in [2.05, 4.69) is 47.3 Å². The number of nitrogens with one attached hydrogen (secondary N) is 2. The van der Waals surface area contributed by atoms with E-state index in [1.165, 1.54) is 0 Å². The number of carbonyl (C=O) groups is 3. The summed E-state index contributed by atoms with van der Waals surface area (Å²) in [6.07, 6.45) is 4.72. The minimum absolute atomic E-state index is 0.0254. The highest BCUT2D eigenvalue weighted by Crippen LogP contribution is 2.67. The zero-order valence-corrected chi connectivity index (χ0v) is 26.2. The third kappa shape index (κ3) is 6.35. The molecule has 3 fully saturated rings. The third-order valence-electron chi connectivity index (χ3n) is 8.12. The molecule has 39 heavy (non-hydrogen) atoms. The van der Waals surface area contributed by atoms with Crippen molar-refractivity contribution in [2.45, 2.75) is 99.5 Å². The van der Waals surface area contributed by atoms with Crippen LogP contribution in [0.3, 0.4) is 0 Å². The van der Waals surface area contributed by atoms with Gasteiger partial charge >= 0.3 is 0 Å². The fourth-order valence-electron chi connectivity index (χ4n) is 7.24. The summed E-state index contributed by atoms with van der Waals surface area (Å²) in [7, 11) is 0. The lowest BCUT2D eigenvalue weighted by Gasteiger charge is -2.39. The van der Waals surface area contributed by atoms with Gasteiger partial charge in [-0.1, -0.05) is 67.7 Å². The van der Waals surface area contributed by atoms with Gasteiger partial charge in [0.05, 0.1) is 16.6 Å². The number of thioether (sulfide) groups is 1. The van der Waals surface area contributed by atoms with Crippen molar-refractivity contribution in [1.82, 2.24) is 10.2 Å². The van der Waals surface area contributed by atoms with Crippen molar-refractivity contribution < 1.29 is 19.5 Å². The van der Waals surface area contributed by atoms with E-state index in [-0.39, 0.29) is 39.8 Å². The number of benzene rings is 1. The molecule has 6 atom stereocenters. The Kier molecular flexibility index (Phi) is 9.14. The number of rotatable bonds is 11. The molecule has 1 aromatic carbocycles. The van der Waals surface area contributed by atoms with E-state index in [0.717, 1.165) is 32.1 Å². The number of aliphatic hydroxyl groups excluding tert-OH is 1. The van der Waals surface area contributed by atoms with Crippen LogP contribution in [0.2, 0.25) is 0 Å². The molecule has 0 radical (unpaired) electrons. The second-order valence-electron chi connectivity index (χ2n) is 13.3. The second kappa shape index (κ2) is 11.7. The summed E-state index contributed by atoms with van der Waals surface area (Å²) < 4.78 is -0.651. The van der Waals surface area contributed by atoms with Crippen molar-refractivity contribution in [3.8, 4) is 0 Å². The van der Waals surface area contributed by atoms with E-state index in [1.807, 2.05) is 44.2 Å². The van der Waals surface area contributed by atoms with E-state index in [9.17, 15) is 14.4 Å². The number of likely N-dealkylation sites (tertiary alicyclic amines) is 1. The van der Waals surface area contributed by atoms with Crippen molar-refractivity contribution >= 4 is 51.1 Å². The molecule has 0 aromatic heterocycles. The molecule has 3 saturated heterocycles. The Morgan fingerprint density at radius 2 is 1.74 bits per heavy atom. The van der Waals surface area contributed by atoms with Crippen LogP contribution in [-0.4, -0.2) is 67.3 Å². The molecule has 1 spiro atoms. The third-order valence-corrected chi connectivity index (χ3v) is 11.3. The highest BCUT2D eigenvalue weighted by Gasteiger charge is 2.75. The van der Waals surface area contributed by atoms with Gasteiger partial charge in [0.15, 0.2) is 0 Å². The predicted octanol–water partition coefficient (Wildman–Crippen LogP) is 4.97. The van der Waals surface area contributed by atoms with Gasteiger partial charge in [-0.15, -0.1) is 11.8 Å². The maximum atomic E-state index is 14.2. The molecule has 7 nitrogen and oxygen atoms in total. The van der Waals surface area contributed by atoms with Crippen LogP contribution in [0.25, 0.3) is 0 Å². The van der Waals surface area contributed by atoms with Crippen molar-refractivity contribution in [3.05, 3.63) is 30.3 Å². The van der Waals surface area contributed by atoms with Crippen LogP contribution in [0, 0.1) is 17.3 Å². The van der Waals surface area contributed by atoms with Crippen molar-refractivity contribution in [3.63, 3.8) is 0 Å². The summed E-state index contributed by atoms with van der Waals surface area (Å²) in [6.45, 7) is 11.2. The summed E-state index contributed by atoms with van der Waals surface area (Å²) in [5.74, 6) is -1.40. The summed E-state index contributed by atoms with van der Waals surface area (Å²) in [5, 5.41) is 15.4. The Balaban J connectivity index is 1.64. The minimum atomic E-state index is -0.651. The Labute approximate surface area is 245 Å². The number of fused-ring (bicyclic) bond motifs is 1. The lowest BCUT2D eigenvalue weighted by molar-refractivity contribution is -0.139. The van der Waals surface area contributed by atoms with Crippen molar-refractivity contribution in [2.75, 3.05) is 18.5 Å². The first-order valence-corrected chi connectivity index (χ1v) is 16.0. The first-order chi connectivity index (χ1) is 18.3. The van der Waals surface area contributed by atoms with Crippen LogP contribution in [0.15, 0.2) is 30.3 Å². The number of aliphatic hydroxyl groups is 1. The number of alkyl halides is 1. The fraction of sp³-hybridized carbons (Fsp3) is 0.700. The maximum absolute atomic E-state index is 14.2. The summed E-state index contributed by atoms with van der Waals surface area (Å²) in [6, 6.07) is 8.72. The number of unbranched alkanes of at least 4 members (excludes halogenated alkanes) is 3. The number of nitrogens with zero attached hydrogens (tertiary/aromatic N) is 1. The Morgan fingerprint density at radius 3 is 2.38 bits per heavy atom. The summed E-state index contributed by atoms with van der Waals surface area (Å²) in [4.78, 5) is 43.9. The van der Waals surface area contributed by atoms with Gasteiger partial charge in [0.2, 0.25) is 17.7 Å². The quantitative estimate of drug-likeness (QED) is 0.239. The number of hydrogen-bond acceptors (Lipinski definition) is 5. The lowest BCUT2D eigenvalue weighted by Crippen LogP contribution is -2.58. The van der Waals surface area contributed by atoms with Crippen LogP contribution in [-0.2, 0) is 14.4 Å². The van der Waals surface area contributed by atoms with Crippen molar-refractivity contribution in [1.29, 1.82) is 0 Å². The molecular formula is C30H44BrN3O4S. The van der Waals surface area contributed by atoms with Gasteiger partial charge in [0, 0.05) is 34.5 Å². The highest BCUT2D eigenvalue weighted by atomic mass is 79.9. The monoisotopic (exact) mass is 621 g/mol. The van der Waals surface area contributed by atoms with Gasteiger partial charge in [-0.2, -0.15) is 0 Å². The maximum Gasteiger partial charge on any atom is 0.244 e. The smallest absolute Gasteiger partial charge is 0.244 e. The molecule has 9 heteroatoms. The normalized spacial score (nSPS) is 30.0. The Bertz CT molecular complexity index is 1060. The van der Waals surface area contributed by atoms with Gasteiger partial charge in [0.25, 0.3) is 0 Å². The molecule has 0 saturated carbocycles. The van der Waals surface area contributed by atoms with E-state index < -0.39 is 28.2 Å². The topological polar surface area (TPSA) is 98.7 Å². The largest absolute Gasteiger partial charge is 0.396 e. The van der Waals surface area contributed by atoms with Crippen LogP contribution >= 0.6 is 27.7 Å². The van der Waals surface area contributed by atoms with E-state index in [4.69, 9.17) is 5.11 Å². The highest BCUT2D eigenvalue weighted by molar-refractivity contribution is 9.09. The molecular weight excluding hydrogens is 578 g/mol. The number of halogens is 1. The van der Waals surface area contributed by atoms with Gasteiger partial charge < -0.3 is 20.6 Å². The predicted molar refractivity (Wildman–Crippen MR) is 161 cm³/mol. The second-order valence-corrected chi connectivity index (χ2v) is 16.0. The molecule has 3 heterocycles. The SMILES string of the molecule is CC(C)(C)CC(C)(C)NC(=O)C1N(CCCCCCO)C(=O)[C@@H]2[C@H](C(=O)Nc3ccccc3)[C@H]3SC12CC3Br. The standard InChI is InChI=1S/C30H44BrN3O4S/c1-28(2,3)18-29(4,5)33-26(37)24-30-17-20(31)23(39-30)21(25(36)32-19-13-9-8-10-14-19)22(30)27(38)34(24)15-11-6-7-12-16-35/h8-10,13-14,20-24,35H,6-7,11-12,15-18H2,1-5H3,(H,32,36)(H,33,37)/t20?,21-,22-,23-,24?,30?/m0/s1. The number of amides is 3. The first-order valence-electron chi connectivity index (χ1n) is 14.2. The van der Waals surface area contributed by atoms with Crippen LogP contribution in [0.4, 0.5) is 5.69 Å². The average molecular weight is 623 g/mol. The minimum Gasteiger partial charge on any atom is -0.396 e. The number of anilines is 1.